The summed E-state index contributed by atoms with van der Waals surface area (Å²) in [6.07, 6.45) is 4.90. The molecule has 0 radical (unpaired) electrons. The Morgan fingerprint density at radius 1 is 1.56 bits per heavy atom. The summed E-state index contributed by atoms with van der Waals surface area (Å²) in [5.41, 5.74) is -1.34. The summed E-state index contributed by atoms with van der Waals surface area (Å²) in [7, 11) is 0. The average Bonchev–Trinajstić information content (AvgIpc) is 2.29. The van der Waals surface area contributed by atoms with Crippen molar-refractivity contribution in [2.75, 3.05) is 0 Å². The van der Waals surface area contributed by atoms with Crippen molar-refractivity contribution >= 4 is 5.97 Å². The van der Waals surface area contributed by atoms with Gasteiger partial charge in [0.15, 0.2) is 0 Å². The zero-order chi connectivity index (χ0) is 13.1. The predicted molar refractivity (Wildman–Crippen MR) is 59.6 cm³/mol. The maximum atomic E-state index is 11.2. The van der Waals surface area contributed by atoms with Crippen molar-refractivity contribution in [3.63, 3.8) is 0 Å². The smallest absolute Gasteiger partial charge is 0.550 e. The first kappa shape index (κ1) is 17.5. The van der Waals surface area contributed by atoms with Gasteiger partial charge < -0.3 is 15.0 Å². The van der Waals surface area contributed by atoms with E-state index in [-0.39, 0.29) is 41.2 Å². The van der Waals surface area contributed by atoms with Gasteiger partial charge in [0.2, 0.25) is 0 Å². The third kappa shape index (κ3) is 3.75. The molecule has 0 aliphatic rings. The molecule has 1 aromatic heterocycles. The zero-order valence-corrected chi connectivity index (χ0v) is 13.3. The fourth-order valence-electron chi connectivity index (χ4n) is 1.97. The van der Waals surface area contributed by atoms with Crippen LogP contribution < -0.4 is 34.7 Å². The monoisotopic (exact) mass is 260 g/mol. The molecule has 0 amide bonds. The van der Waals surface area contributed by atoms with E-state index in [0.29, 0.717) is 6.42 Å². The van der Waals surface area contributed by atoms with Crippen LogP contribution in [0.2, 0.25) is 0 Å². The standard InChI is InChI=1S/C12H18N2O3.Na/c1-4-8(2)10(11(15)16)12(3,17)9-7-13-5-6-14-9;/h5-8,10,17H,4H2,1-3H3,(H,15,16);/q;+1/p-1. The Labute approximate surface area is 129 Å². The Kier molecular flexibility index (Phi) is 6.99. The van der Waals surface area contributed by atoms with E-state index in [1.165, 1.54) is 25.5 Å². The molecule has 0 saturated carbocycles. The second kappa shape index (κ2) is 7.19. The van der Waals surface area contributed by atoms with Gasteiger partial charge in [-0.05, 0) is 12.8 Å². The maximum Gasteiger partial charge on any atom is 1.00 e. The Bertz CT molecular complexity index is 384. The van der Waals surface area contributed by atoms with Crippen molar-refractivity contribution in [1.29, 1.82) is 0 Å². The number of rotatable bonds is 5. The summed E-state index contributed by atoms with van der Waals surface area (Å²) in [5, 5.41) is 21.6. The first-order chi connectivity index (χ1) is 7.91. The van der Waals surface area contributed by atoms with Crippen LogP contribution in [0.4, 0.5) is 0 Å². The molecule has 3 unspecified atom stereocenters. The Morgan fingerprint density at radius 2 is 2.17 bits per heavy atom. The van der Waals surface area contributed by atoms with E-state index in [9.17, 15) is 15.0 Å². The molecule has 1 rings (SSSR count). The number of aliphatic carboxylic acids is 1. The molecule has 1 N–H and O–H groups in total. The van der Waals surface area contributed by atoms with E-state index in [4.69, 9.17) is 0 Å². The van der Waals surface area contributed by atoms with Crippen LogP contribution in [0.25, 0.3) is 0 Å². The SMILES string of the molecule is CCC(C)C(C(=O)[O-])C(C)(O)c1cnccn1.[Na+]. The number of aromatic nitrogens is 2. The van der Waals surface area contributed by atoms with Gasteiger partial charge in [0.1, 0.15) is 5.60 Å². The number of carboxylic acid groups (broad SMARTS) is 1. The van der Waals surface area contributed by atoms with Crippen LogP contribution in [0.1, 0.15) is 32.9 Å². The number of hydrogen-bond donors (Lipinski definition) is 1. The van der Waals surface area contributed by atoms with E-state index < -0.39 is 17.5 Å². The number of nitrogens with zero attached hydrogens (tertiary/aromatic N) is 2. The predicted octanol–water partition coefficient (Wildman–Crippen LogP) is -2.90. The molecule has 1 aromatic rings. The van der Waals surface area contributed by atoms with Crippen molar-refractivity contribution in [3.8, 4) is 0 Å². The van der Waals surface area contributed by atoms with E-state index in [1.54, 1.807) is 6.92 Å². The maximum absolute atomic E-state index is 11.2. The van der Waals surface area contributed by atoms with E-state index in [1.807, 2.05) is 6.92 Å². The third-order valence-electron chi connectivity index (χ3n) is 3.15. The first-order valence-electron chi connectivity index (χ1n) is 5.61. The summed E-state index contributed by atoms with van der Waals surface area (Å²) in [6, 6.07) is 0. The molecule has 0 aromatic carbocycles. The van der Waals surface area contributed by atoms with Gasteiger partial charge in [0.05, 0.1) is 11.9 Å². The van der Waals surface area contributed by atoms with Gasteiger partial charge in [-0.2, -0.15) is 0 Å². The number of carbonyl (C=O) groups excluding carboxylic acids is 1. The third-order valence-corrected chi connectivity index (χ3v) is 3.15. The van der Waals surface area contributed by atoms with Crippen LogP contribution in [-0.2, 0) is 10.4 Å². The van der Waals surface area contributed by atoms with Gasteiger partial charge in [-0.1, -0.05) is 20.3 Å². The number of carboxylic acids is 1. The summed E-state index contributed by atoms with van der Waals surface area (Å²) < 4.78 is 0. The van der Waals surface area contributed by atoms with E-state index in [2.05, 4.69) is 9.97 Å². The number of hydrogen-bond acceptors (Lipinski definition) is 5. The zero-order valence-electron chi connectivity index (χ0n) is 11.3. The molecule has 0 bridgehead atoms. The molecular weight excluding hydrogens is 243 g/mol. The minimum atomic E-state index is -1.58. The summed E-state index contributed by atoms with van der Waals surface area (Å²) in [4.78, 5) is 19.0. The number of aliphatic hydroxyl groups is 1. The molecule has 0 aliphatic carbocycles. The van der Waals surface area contributed by atoms with E-state index in [0.717, 1.165) is 0 Å². The Morgan fingerprint density at radius 3 is 2.56 bits per heavy atom. The van der Waals surface area contributed by atoms with Gasteiger partial charge in [0.25, 0.3) is 0 Å². The average molecular weight is 260 g/mol. The van der Waals surface area contributed by atoms with Crippen LogP contribution in [0.15, 0.2) is 18.6 Å². The van der Waals surface area contributed by atoms with E-state index >= 15 is 0 Å². The molecule has 0 fully saturated rings. The quantitative estimate of drug-likeness (QED) is 0.574. The fraction of sp³-hybridized carbons (Fsp3) is 0.583. The van der Waals surface area contributed by atoms with Crippen LogP contribution in [-0.4, -0.2) is 21.0 Å². The molecule has 1 heterocycles. The second-order valence-electron chi connectivity index (χ2n) is 4.42. The van der Waals surface area contributed by atoms with Gasteiger partial charge in [0, 0.05) is 24.3 Å². The molecule has 0 aliphatic heterocycles. The van der Waals surface area contributed by atoms with Crippen LogP contribution in [0.5, 0.6) is 0 Å². The second-order valence-corrected chi connectivity index (χ2v) is 4.42. The number of carbonyl (C=O) groups is 1. The normalized spacial score (nSPS) is 17.1. The molecular formula is C12H17N2NaO3. The first-order valence-corrected chi connectivity index (χ1v) is 5.61. The molecule has 18 heavy (non-hydrogen) atoms. The molecule has 0 saturated heterocycles. The largest absolute Gasteiger partial charge is 1.00 e. The summed E-state index contributed by atoms with van der Waals surface area (Å²) in [5.74, 6) is -2.49. The molecule has 6 heteroatoms. The van der Waals surface area contributed by atoms with Crippen LogP contribution >= 0.6 is 0 Å². The van der Waals surface area contributed by atoms with Crippen LogP contribution in [0.3, 0.4) is 0 Å². The minimum absolute atomic E-state index is 0. The minimum Gasteiger partial charge on any atom is -0.550 e. The molecule has 3 atom stereocenters. The van der Waals surface area contributed by atoms with Crippen molar-refractivity contribution in [3.05, 3.63) is 24.3 Å². The summed E-state index contributed by atoms with van der Waals surface area (Å²) >= 11 is 0. The van der Waals surface area contributed by atoms with Crippen LogP contribution in [0, 0.1) is 11.8 Å². The molecule has 94 valence electrons. The summed E-state index contributed by atoms with van der Waals surface area (Å²) in [6.45, 7) is 5.07. The molecule has 0 spiro atoms. The Hall–Kier alpha value is -0.490. The van der Waals surface area contributed by atoms with Gasteiger partial charge >= 0.3 is 29.6 Å². The van der Waals surface area contributed by atoms with Gasteiger partial charge in [-0.3, -0.25) is 9.97 Å². The van der Waals surface area contributed by atoms with Crippen molar-refractivity contribution in [2.45, 2.75) is 32.8 Å². The fourth-order valence-corrected chi connectivity index (χ4v) is 1.97. The van der Waals surface area contributed by atoms with Crippen molar-refractivity contribution < 1.29 is 44.6 Å². The van der Waals surface area contributed by atoms with Crippen molar-refractivity contribution in [1.82, 2.24) is 9.97 Å². The van der Waals surface area contributed by atoms with Gasteiger partial charge in [-0.25, -0.2) is 0 Å². The topological polar surface area (TPSA) is 86.1 Å². The van der Waals surface area contributed by atoms with Gasteiger partial charge in [-0.15, -0.1) is 0 Å². The molecule has 5 nitrogen and oxygen atoms in total. The Balaban J connectivity index is 0.00000289. The van der Waals surface area contributed by atoms with Crippen molar-refractivity contribution in [2.24, 2.45) is 11.8 Å².